The number of carbonyl (C=O) groups is 1. The van der Waals surface area contributed by atoms with E-state index in [9.17, 15) is 31.2 Å². The summed E-state index contributed by atoms with van der Waals surface area (Å²) in [6.07, 6.45) is -3.95. The van der Waals surface area contributed by atoms with Gasteiger partial charge in [0, 0.05) is 17.0 Å². The van der Waals surface area contributed by atoms with Crippen LogP contribution in [0.5, 0.6) is 0 Å². The molecule has 0 aliphatic carbocycles. The molecular formula is C38H33F3N4O4S2. The Hall–Kier alpha value is -5.27. The highest BCUT2D eigenvalue weighted by molar-refractivity contribution is 7.90. The first-order valence-corrected chi connectivity index (χ1v) is 18.4. The summed E-state index contributed by atoms with van der Waals surface area (Å²) in [5.41, 5.74) is 1.38. The Kier molecular flexibility index (Phi) is 9.87. The number of aromatic nitrogens is 3. The molecule has 6 aromatic rings. The van der Waals surface area contributed by atoms with Crippen LogP contribution in [0.4, 0.5) is 13.2 Å². The number of sulfonamides is 1. The number of amides is 1. The molecule has 1 unspecified atom stereocenters. The third-order valence-corrected chi connectivity index (χ3v) is 11.1. The highest BCUT2D eigenvalue weighted by Gasteiger charge is 2.34. The van der Waals surface area contributed by atoms with E-state index in [1.54, 1.807) is 85.1 Å². The summed E-state index contributed by atoms with van der Waals surface area (Å²) in [5, 5.41) is 6.38. The fraction of sp³-hybridized carbons (Fsp3) is 0.184. The van der Waals surface area contributed by atoms with Crippen molar-refractivity contribution in [1.29, 1.82) is 0 Å². The van der Waals surface area contributed by atoms with E-state index in [0.29, 0.717) is 39.4 Å². The number of hydrogen-bond donors (Lipinski definition) is 1. The van der Waals surface area contributed by atoms with E-state index in [-0.39, 0.29) is 34.2 Å². The second-order valence-electron chi connectivity index (χ2n) is 12.1. The third kappa shape index (κ3) is 7.17. The molecule has 0 spiro atoms. The summed E-state index contributed by atoms with van der Waals surface area (Å²) in [4.78, 5) is 27.1. The van der Waals surface area contributed by atoms with Gasteiger partial charge in [0.2, 0.25) is 0 Å². The van der Waals surface area contributed by atoms with Crippen LogP contribution in [0.25, 0.3) is 27.9 Å². The van der Waals surface area contributed by atoms with Crippen molar-refractivity contribution in [3.05, 3.63) is 146 Å². The van der Waals surface area contributed by atoms with Crippen LogP contribution in [0.15, 0.2) is 118 Å². The average Bonchev–Trinajstić information content (AvgIpc) is 3.70. The molecule has 0 bridgehead atoms. The Morgan fingerprint density at radius 3 is 2.16 bits per heavy atom. The minimum absolute atomic E-state index is 0.0637. The molecule has 2 aromatic heterocycles. The summed E-state index contributed by atoms with van der Waals surface area (Å²) < 4.78 is 73.7. The lowest BCUT2D eigenvalue weighted by Gasteiger charge is -2.15. The number of nitrogens with zero attached hydrogens (tertiary/aromatic N) is 3. The van der Waals surface area contributed by atoms with Crippen LogP contribution in [-0.2, 0) is 22.7 Å². The predicted molar refractivity (Wildman–Crippen MR) is 192 cm³/mol. The van der Waals surface area contributed by atoms with E-state index in [4.69, 9.17) is 0 Å². The Bertz CT molecular complexity index is 2390. The van der Waals surface area contributed by atoms with Crippen LogP contribution < -0.4 is 10.4 Å². The van der Waals surface area contributed by atoms with Gasteiger partial charge in [-0.05, 0) is 65.2 Å². The van der Waals surface area contributed by atoms with Gasteiger partial charge < -0.3 is 0 Å². The van der Waals surface area contributed by atoms with Crippen molar-refractivity contribution in [3.63, 3.8) is 0 Å². The van der Waals surface area contributed by atoms with Gasteiger partial charge in [-0.25, -0.2) is 17.9 Å². The number of benzene rings is 4. The van der Waals surface area contributed by atoms with Crippen molar-refractivity contribution in [3.8, 4) is 27.9 Å². The van der Waals surface area contributed by atoms with Crippen molar-refractivity contribution in [2.45, 2.75) is 50.7 Å². The standard InChI is InChI=1S/C38H33F3N4O4S2/c1-4-24(2)35-42-45(32-15-9-6-13-30(32)29-12-5-8-14-31(29)38(39,40)41)37(47)44(35)23-26-17-19-27(20-18-26)28-11-7-10-16-33(28)51(48,49)43-36(46)34-25(3)21-22-50-34/h5-22,24H,4,23H2,1-3H3,(H,43,46). The fourth-order valence-electron chi connectivity index (χ4n) is 5.86. The first kappa shape index (κ1) is 35.6. The smallest absolute Gasteiger partial charge is 0.274 e. The summed E-state index contributed by atoms with van der Waals surface area (Å²) in [6, 6.07) is 26.7. The molecule has 0 saturated heterocycles. The monoisotopic (exact) mass is 730 g/mol. The zero-order chi connectivity index (χ0) is 36.5. The highest BCUT2D eigenvalue weighted by atomic mass is 32.2. The number of aryl methyl sites for hydroxylation is 1. The van der Waals surface area contributed by atoms with Crippen molar-refractivity contribution in [2.24, 2.45) is 0 Å². The van der Waals surface area contributed by atoms with Crippen LogP contribution in [-0.4, -0.2) is 28.7 Å². The Morgan fingerprint density at radius 1 is 0.882 bits per heavy atom. The normalized spacial score (nSPS) is 12.5. The molecule has 0 radical (unpaired) electrons. The maximum Gasteiger partial charge on any atom is 0.417 e. The van der Waals surface area contributed by atoms with Gasteiger partial charge in [-0.1, -0.05) is 92.7 Å². The van der Waals surface area contributed by atoms with Gasteiger partial charge >= 0.3 is 11.9 Å². The summed E-state index contributed by atoms with van der Waals surface area (Å²) in [5.74, 6) is -0.389. The van der Waals surface area contributed by atoms with Crippen LogP contribution in [0.3, 0.4) is 0 Å². The summed E-state index contributed by atoms with van der Waals surface area (Å²) >= 11 is 1.15. The van der Waals surface area contributed by atoms with Gasteiger partial charge in [-0.2, -0.15) is 17.9 Å². The van der Waals surface area contributed by atoms with E-state index in [2.05, 4.69) is 9.82 Å². The molecule has 0 aliphatic heterocycles. The molecule has 0 fully saturated rings. The van der Waals surface area contributed by atoms with Gasteiger partial charge in [0.15, 0.2) is 0 Å². The molecule has 2 heterocycles. The predicted octanol–water partition coefficient (Wildman–Crippen LogP) is 8.44. The summed E-state index contributed by atoms with van der Waals surface area (Å²) in [6.45, 7) is 5.72. The molecule has 1 atom stereocenters. The molecule has 0 aliphatic rings. The van der Waals surface area contributed by atoms with Crippen molar-refractivity contribution in [1.82, 2.24) is 19.1 Å². The number of halogens is 3. The van der Waals surface area contributed by atoms with Crippen LogP contribution in [0.2, 0.25) is 0 Å². The number of thiophene rings is 1. The fourth-order valence-corrected chi connectivity index (χ4v) is 7.93. The number of rotatable bonds is 10. The van der Waals surface area contributed by atoms with E-state index < -0.39 is 33.4 Å². The molecule has 51 heavy (non-hydrogen) atoms. The number of para-hydroxylation sites is 1. The van der Waals surface area contributed by atoms with Crippen LogP contribution in [0.1, 0.15) is 58.4 Å². The van der Waals surface area contributed by atoms with Gasteiger partial charge in [0.25, 0.3) is 15.9 Å². The third-order valence-electron chi connectivity index (χ3n) is 8.68. The molecule has 1 N–H and O–H groups in total. The number of hydrogen-bond acceptors (Lipinski definition) is 6. The van der Waals surface area contributed by atoms with E-state index in [0.717, 1.165) is 22.1 Å². The molecular weight excluding hydrogens is 698 g/mol. The zero-order valence-corrected chi connectivity index (χ0v) is 29.4. The lowest BCUT2D eigenvalue weighted by molar-refractivity contribution is -0.137. The first-order chi connectivity index (χ1) is 24.3. The topological polar surface area (TPSA) is 103 Å². The van der Waals surface area contributed by atoms with Gasteiger partial charge in [-0.15, -0.1) is 16.4 Å². The first-order valence-electron chi connectivity index (χ1n) is 16.1. The second kappa shape index (κ2) is 14.2. The maximum absolute atomic E-state index is 14.1. The zero-order valence-electron chi connectivity index (χ0n) is 27.8. The average molecular weight is 731 g/mol. The lowest BCUT2D eigenvalue weighted by Crippen LogP contribution is -2.30. The highest BCUT2D eigenvalue weighted by Crippen LogP contribution is 2.39. The van der Waals surface area contributed by atoms with Crippen molar-refractivity contribution < 1.29 is 26.4 Å². The second-order valence-corrected chi connectivity index (χ2v) is 14.6. The number of alkyl halides is 3. The molecule has 1 amide bonds. The van der Waals surface area contributed by atoms with Gasteiger partial charge in [0.05, 0.1) is 27.6 Å². The molecule has 13 heteroatoms. The van der Waals surface area contributed by atoms with Crippen molar-refractivity contribution in [2.75, 3.05) is 0 Å². The Labute approximate surface area is 296 Å². The molecule has 6 rings (SSSR count). The van der Waals surface area contributed by atoms with E-state index in [1.807, 2.05) is 13.8 Å². The van der Waals surface area contributed by atoms with E-state index >= 15 is 0 Å². The largest absolute Gasteiger partial charge is 0.417 e. The van der Waals surface area contributed by atoms with Crippen molar-refractivity contribution >= 4 is 27.3 Å². The van der Waals surface area contributed by atoms with Crippen LogP contribution >= 0.6 is 11.3 Å². The Balaban J connectivity index is 1.34. The lowest BCUT2D eigenvalue weighted by atomic mass is 9.98. The maximum atomic E-state index is 14.1. The molecule has 262 valence electrons. The van der Waals surface area contributed by atoms with Gasteiger partial charge in [-0.3, -0.25) is 9.36 Å². The number of nitrogens with one attached hydrogen (secondary N) is 1. The van der Waals surface area contributed by atoms with E-state index in [1.165, 1.54) is 28.8 Å². The molecule has 0 saturated carbocycles. The minimum atomic E-state index is -4.61. The number of carbonyl (C=O) groups excluding carboxylic acids is 1. The van der Waals surface area contributed by atoms with Gasteiger partial charge in [0.1, 0.15) is 5.82 Å². The molecule has 8 nitrogen and oxygen atoms in total. The quantitative estimate of drug-likeness (QED) is 0.153. The molecule has 4 aromatic carbocycles. The minimum Gasteiger partial charge on any atom is -0.274 e. The Morgan fingerprint density at radius 2 is 1.51 bits per heavy atom. The SMILES string of the molecule is CCC(C)c1nn(-c2ccccc2-c2ccccc2C(F)(F)F)c(=O)n1Cc1ccc(-c2ccccc2S(=O)(=O)NC(=O)c2sccc2C)cc1. The summed E-state index contributed by atoms with van der Waals surface area (Å²) in [7, 11) is -4.23. The van der Waals surface area contributed by atoms with Crippen LogP contribution in [0, 0.1) is 6.92 Å².